The molecule has 0 aliphatic heterocycles. The van der Waals surface area contributed by atoms with Crippen molar-refractivity contribution in [1.29, 1.82) is 0 Å². The van der Waals surface area contributed by atoms with E-state index in [0.29, 0.717) is 17.9 Å². The molecule has 0 unspecified atom stereocenters. The van der Waals surface area contributed by atoms with Gasteiger partial charge in [0.15, 0.2) is 23.2 Å². The third kappa shape index (κ3) is 5.43. The number of furan rings is 1. The number of hydrogen-bond acceptors (Lipinski definition) is 4. The highest BCUT2D eigenvalue weighted by Gasteiger charge is 2.20. The lowest BCUT2D eigenvalue weighted by molar-refractivity contribution is 0.0992. The maximum absolute atomic E-state index is 13.9. The molecule has 10 heteroatoms. The van der Waals surface area contributed by atoms with Gasteiger partial charge in [0.2, 0.25) is 0 Å². The maximum atomic E-state index is 13.9. The predicted molar refractivity (Wildman–Crippen MR) is 119 cm³/mol. The molecule has 0 aliphatic rings. The number of para-hydroxylation sites is 1. The summed E-state index contributed by atoms with van der Waals surface area (Å²) in [7, 11) is 0. The zero-order valence-corrected chi connectivity index (χ0v) is 18.2. The van der Waals surface area contributed by atoms with Gasteiger partial charge in [0.25, 0.3) is 5.91 Å². The van der Waals surface area contributed by atoms with Crippen molar-refractivity contribution < 1.29 is 31.5 Å². The van der Waals surface area contributed by atoms with Crippen LogP contribution < -0.4 is 10.1 Å². The van der Waals surface area contributed by atoms with Gasteiger partial charge in [0.1, 0.15) is 23.9 Å². The number of halogens is 4. The molecule has 1 amide bonds. The molecule has 0 spiro atoms. The van der Waals surface area contributed by atoms with Crippen LogP contribution in [0.3, 0.4) is 0 Å². The number of anilines is 1. The monoisotopic (exact) mass is 485 g/mol. The first-order chi connectivity index (χ1) is 16.9. The molecule has 1 N–H and O–H groups in total. The van der Waals surface area contributed by atoms with Crippen LogP contribution in [0.5, 0.6) is 5.75 Å². The number of rotatable bonds is 9. The first kappa shape index (κ1) is 23.8. The predicted octanol–water partition coefficient (Wildman–Crippen LogP) is 5.64. The fourth-order valence-corrected chi connectivity index (χ4v) is 3.31. The average molecular weight is 485 g/mol. The van der Waals surface area contributed by atoms with Gasteiger partial charge in [0.05, 0.1) is 18.4 Å². The zero-order chi connectivity index (χ0) is 24.9. The molecule has 0 atom stereocenters. The smallest absolute Gasteiger partial charge is 0.291 e. The highest BCUT2D eigenvalue weighted by atomic mass is 19.2. The fourth-order valence-electron chi connectivity index (χ4n) is 3.31. The van der Waals surface area contributed by atoms with E-state index in [1.54, 1.807) is 12.1 Å². The van der Waals surface area contributed by atoms with Crippen LogP contribution in [0.2, 0.25) is 0 Å². The Hall–Kier alpha value is -4.34. The lowest BCUT2D eigenvalue weighted by atomic mass is 10.1. The number of amides is 1. The first-order valence-electron chi connectivity index (χ1n) is 10.4. The average Bonchev–Trinajstić information content (AvgIpc) is 3.50. The topological polar surface area (TPSA) is 69.3 Å². The molecule has 0 saturated heterocycles. The molecule has 35 heavy (non-hydrogen) atoms. The largest absolute Gasteiger partial charge is 0.485 e. The Bertz CT molecular complexity index is 1380. The van der Waals surface area contributed by atoms with E-state index < -0.39 is 41.3 Å². The van der Waals surface area contributed by atoms with E-state index in [9.17, 15) is 22.4 Å². The Kier molecular flexibility index (Phi) is 7.00. The van der Waals surface area contributed by atoms with Gasteiger partial charge in [-0.25, -0.2) is 17.6 Å². The third-order valence-corrected chi connectivity index (χ3v) is 5.01. The number of carbonyl (C=O) groups excluding carboxylic acids is 1. The number of nitrogens with zero attached hydrogens (tertiary/aromatic N) is 2. The zero-order valence-electron chi connectivity index (χ0n) is 18.2. The van der Waals surface area contributed by atoms with Crippen LogP contribution in [0.4, 0.5) is 23.2 Å². The molecule has 2 aromatic heterocycles. The minimum Gasteiger partial charge on any atom is -0.485 e. The van der Waals surface area contributed by atoms with Crippen molar-refractivity contribution in [3.63, 3.8) is 0 Å². The molecule has 2 aromatic carbocycles. The van der Waals surface area contributed by atoms with E-state index in [1.807, 2.05) is 24.3 Å². The highest BCUT2D eigenvalue weighted by Crippen LogP contribution is 2.22. The molecular formula is C25H19F4N3O3. The molecule has 4 rings (SSSR count). The second-order valence-corrected chi connectivity index (χ2v) is 7.48. The van der Waals surface area contributed by atoms with Crippen LogP contribution >= 0.6 is 0 Å². The third-order valence-electron chi connectivity index (χ3n) is 5.01. The van der Waals surface area contributed by atoms with Crippen molar-refractivity contribution in [2.24, 2.45) is 0 Å². The molecule has 2 heterocycles. The fraction of sp³-hybridized carbons (Fsp3) is 0.120. The summed E-state index contributed by atoms with van der Waals surface area (Å²) >= 11 is 0. The number of allylic oxidation sites excluding steroid dienone is 1. The number of benzene rings is 2. The van der Waals surface area contributed by atoms with Gasteiger partial charge in [-0.3, -0.25) is 9.48 Å². The molecule has 0 fully saturated rings. The van der Waals surface area contributed by atoms with Crippen LogP contribution in [0.15, 0.2) is 71.9 Å². The van der Waals surface area contributed by atoms with Gasteiger partial charge < -0.3 is 14.5 Å². The van der Waals surface area contributed by atoms with Crippen LogP contribution in [-0.2, 0) is 19.6 Å². The number of aromatic nitrogens is 2. The number of ether oxygens (including phenoxy) is 1. The summed E-state index contributed by atoms with van der Waals surface area (Å²) in [5.41, 5.74) is 0.466. The number of carbonyl (C=O) groups is 1. The summed E-state index contributed by atoms with van der Waals surface area (Å²) in [6, 6.07) is 10.8. The second-order valence-electron chi connectivity index (χ2n) is 7.48. The first-order valence-corrected chi connectivity index (χ1v) is 10.4. The SMILES string of the molecule is C=CCc1ccccc1OCc1ccc(C(=O)Nc2cnn(Cc3c(F)cc(F)c(F)c3F)c2)o1. The van der Waals surface area contributed by atoms with E-state index >= 15 is 0 Å². The summed E-state index contributed by atoms with van der Waals surface area (Å²) in [4.78, 5) is 12.5. The van der Waals surface area contributed by atoms with Crippen molar-refractivity contribution in [3.8, 4) is 5.75 Å². The second kappa shape index (κ2) is 10.3. The molecule has 6 nitrogen and oxygen atoms in total. The Labute approximate surface area is 197 Å². The van der Waals surface area contributed by atoms with Gasteiger partial charge in [-0.1, -0.05) is 24.3 Å². The molecular weight excluding hydrogens is 466 g/mol. The standard InChI is InChI=1S/C25H19F4N3O3/c1-2-5-15-6-3-4-7-21(15)34-14-17-8-9-22(35-17)25(33)31-16-11-30-32(12-16)13-18-19(26)10-20(27)24(29)23(18)28/h2-4,6-12H,1,5,13-14H2,(H,31,33). The molecule has 180 valence electrons. The summed E-state index contributed by atoms with van der Waals surface area (Å²) in [6.45, 7) is 3.31. The minimum atomic E-state index is -1.77. The summed E-state index contributed by atoms with van der Waals surface area (Å²) in [5, 5.41) is 6.42. The number of nitrogens with one attached hydrogen (secondary N) is 1. The van der Waals surface area contributed by atoms with Crippen LogP contribution in [0.25, 0.3) is 0 Å². The molecule has 4 aromatic rings. The van der Waals surface area contributed by atoms with Crippen molar-refractivity contribution in [2.75, 3.05) is 5.32 Å². The van der Waals surface area contributed by atoms with Crippen molar-refractivity contribution in [2.45, 2.75) is 19.6 Å². The van der Waals surface area contributed by atoms with Gasteiger partial charge >= 0.3 is 0 Å². The van der Waals surface area contributed by atoms with Gasteiger partial charge in [-0.15, -0.1) is 6.58 Å². The van der Waals surface area contributed by atoms with E-state index in [0.717, 1.165) is 10.2 Å². The van der Waals surface area contributed by atoms with Crippen LogP contribution in [0, 0.1) is 23.3 Å². The van der Waals surface area contributed by atoms with Crippen LogP contribution in [0.1, 0.15) is 27.4 Å². The van der Waals surface area contributed by atoms with E-state index in [4.69, 9.17) is 9.15 Å². The Morgan fingerprint density at radius 3 is 2.71 bits per heavy atom. The summed E-state index contributed by atoms with van der Waals surface area (Å²) < 4.78 is 66.7. The van der Waals surface area contributed by atoms with E-state index in [2.05, 4.69) is 17.0 Å². The van der Waals surface area contributed by atoms with E-state index in [1.165, 1.54) is 18.5 Å². The van der Waals surface area contributed by atoms with Crippen molar-refractivity contribution in [3.05, 3.63) is 113 Å². The van der Waals surface area contributed by atoms with Crippen LogP contribution in [-0.4, -0.2) is 15.7 Å². The molecule has 0 bridgehead atoms. The Morgan fingerprint density at radius 1 is 1.11 bits per heavy atom. The normalized spacial score (nSPS) is 10.9. The lowest BCUT2D eigenvalue weighted by Crippen LogP contribution is -2.11. The van der Waals surface area contributed by atoms with Crippen molar-refractivity contribution in [1.82, 2.24) is 9.78 Å². The Balaban J connectivity index is 1.38. The minimum absolute atomic E-state index is 0.00780. The highest BCUT2D eigenvalue weighted by molar-refractivity contribution is 6.02. The quantitative estimate of drug-likeness (QED) is 0.144. The van der Waals surface area contributed by atoms with Gasteiger partial charge in [0, 0.05) is 17.8 Å². The van der Waals surface area contributed by atoms with Gasteiger partial charge in [-0.2, -0.15) is 5.10 Å². The Morgan fingerprint density at radius 2 is 1.91 bits per heavy atom. The maximum Gasteiger partial charge on any atom is 0.291 e. The van der Waals surface area contributed by atoms with Gasteiger partial charge in [-0.05, 0) is 30.2 Å². The summed E-state index contributed by atoms with van der Waals surface area (Å²) in [6.07, 6.45) is 4.92. The lowest BCUT2D eigenvalue weighted by Gasteiger charge is -2.08. The molecule has 0 radical (unpaired) electrons. The van der Waals surface area contributed by atoms with E-state index in [-0.39, 0.29) is 24.1 Å². The molecule has 0 aliphatic carbocycles. The molecule has 0 saturated carbocycles. The number of hydrogen-bond donors (Lipinski definition) is 1. The summed E-state index contributed by atoms with van der Waals surface area (Å²) in [5.74, 6) is -5.77. The van der Waals surface area contributed by atoms with Crippen molar-refractivity contribution >= 4 is 11.6 Å².